The first kappa shape index (κ1) is 16.5. The highest BCUT2D eigenvalue weighted by Crippen LogP contribution is 2.38. The lowest BCUT2D eigenvalue weighted by Gasteiger charge is -2.21. The summed E-state index contributed by atoms with van der Waals surface area (Å²) in [5.41, 5.74) is 5.42. The van der Waals surface area contributed by atoms with Gasteiger partial charge in [0.15, 0.2) is 0 Å². The van der Waals surface area contributed by atoms with Crippen molar-refractivity contribution < 1.29 is 9.84 Å². The average molecular weight is 370 g/mol. The zero-order valence-corrected chi connectivity index (χ0v) is 15.3. The maximum Gasteiger partial charge on any atom is 0.325 e. The largest absolute Gasteiger partial charge is 0.493 e. The molecule has 138 valence electrons. The minimum atomic E-state index is -0.116. The monoisotopic (exact) mass is 370 g/mol. The first-order chi connectivity index (χ1) is 13.7. The number of pyridine rings is 1. The van der Waals surface area contributed by atoms with Crippen LogP contribution in [0.25, 0.3) is 10.9 Å². The van der Waals surface area contributed by atoms with E-state index in [1.165, 1.54) is 22.5 Å². The predicted octanol–water partition coefficient (Wildman–Crippen LogP) is 4.53. The fraction of sp³-hybridized carbons (Fsp3) is 0.136. The fourth-order valence-corrected chi connectivity index (χ4v) is 3.65. The molecule has 5 rings (SSSR count). The summed E-state index contributed by atoms with van der Waals surface area (Å²) in [5.74, 6) is 0.530. The smallest absolute Gasteiger partial charge is 0.325 e. The molecule has 0 saturated heterocycles. The number of anilines is 2. The Hall–Kier alpha value is -3.67. The predicted molar refractivity (Wildman–Crippen MR) is 107 cm³/mol. The maximum absolute atomic E-state index is 10.1. The van der Waals surface area contributed by atoms with Crippen LogP contribution in [-0.4, -0.2) is 26.6 Å². The molecule has 0 spiro atoms. The van der Waals surface area contributed by atoms with E-state index < -0.39 is 0 Å². The van der Waals surface area contributed by atoms with Gasteiger partial charge in [0.2, 0.25) is 5.88 Å². The molecular formula is C22H18N4O2. The van der Waals surface area contributed by atoms with Gasteiger partial charge in [0.25, 0.3) is 0 Å². The number of ether oxygens (including phenoxy) is 1. The minimum Gasteiger partial charge on any atom is -0.493 e. The van der Waals surface area contributed by atoms with E-state index in [1.807, 2.05) is 12.1 Å². The molecule has 0 aliphatic carbocycles. The lowest BCUT2D eigenvalue weighted by molar-refractivity contribution is 0.412. The van der Waals surface area contributed by atoms with Gasteiger partial charge in [0, 0.05) is 24.1 Å². The topological polar surface area (TPSA) is 71.4 Å². The summed E-state index contributed by atoms with van der Waals surface area (Å²) in [5, 5.41) is 10.7. The Kier molecular flexibility index (Phi) is 3.83. The third kappa shape index (κ3) is 2.79. The van der Waals surface area contributed by atoms with Crippen LogP contribution in [0, 0.1) is 6.92 Å². The normalized spacial score (nSPS) is 13.0. The van der Waals surface area contributed by atoms with Crippen LogP contribution in [0.2, 0.25) is 0 Å². The molecule has 6 nitrogen and oxygen atoms in total. The van der Waals surface area contributed by atoms with Gasteiger partial charge in [-0.05, 0) is 54.8 Å². The van der Waals surface area contributed by atoms with Crippen molar-refractivity contribution in [3.05, 3.63) is 72.1 Å². The zero-order chi connectivity index (χ0) is 19.1. The Morgan fingerprint density at radius 1 is 1.04 bits per heavy atom. The van der Waals surface area contributed by atoms with Crippen molar-refractivity contribution >= 4 is 22.3 Å². The van der Waals surface area contributed by atoms with Crippen LogP contribution in [0.1, 0.15) is 11.1 Å². The van der Waals surface area contributed by atoms with Gasteiger partial charge in [-0.25, -0.2) is 0 Å². The van der Waals surface area contributed by atoms with E-state index in [1.54, 1.807) is 18.5 Å². The Morgan fingerprint density at radius 2 is 1.93 bits per heavy atom. The van der Waals surface area contributed by atoms with E-state index in [0.717, 1.165) is 13.0 Å². The van der Waals surface area contributed by atoms with Gasteiger partial charge in [-0.15, -0.1) is 0 Å². The molecule has 4 aromatic rings. The number of fused-ring (bicyclic) bond motifs is 2. The quantitative estimate of drug-likeness (QED) is 0.571. The highest BCUT2D eigenvalue weighted by atomic mass is 16.5. The van der Waals surface area contributed by atoms with E-state index in [9.17, 15) is 5.11 Å². The van der Waals surface area contributed by atoms with Crippen molar-refractivity contribution in [2.75, 3.05) is 11.4 Å². The summed E-state index contributed by atoms with van der Waals surface area (Å²) >= 11 is 0. The molecule has 2 aromatic carbocycles. The Labute approximate surface area is 162 Å². The van der Waals surface area contributed by atoms with Crippen LogP contribution in [0.15, 0.2) is 60.9 Å². The molecule has 1 aliphatic heterocycles. The molecule has 28 heavy (non-hydrogen) atoms. The molecule has 1 N–H and O–H groups in total. The van der Waals surface area contributed by atoms with Gasteiger partial charge in [0.1, 0.15) is 5.75 Å². The molecule has 0 unspecified atom stereocenters. The van der Waals surface area contributed by atoms with Gasteiger partial charge >= 0.3 is 6.01 Å². The Bertz CT molecular complexity index is 1190. The Balaban J connectivity index is 1.45. The van der Waals surface area contributed by atoms with Crippen LogP contribution in [0.3, 0.4) is 0 Å². The molecule has 2 aromatic heterocycles. The van der Waals surface area contributed by atoms with Crippen LogP contribution in [0.4, 0.5) is 11.4 Å². The fourth-order valence-electron chi connectivity index (χ4n) is 3.65. The summed E-state index contributed by atoms with van der Waals surface area (Å²) in [6.45, 7) is 3.06. The minimum absolute atomic E-state index is 0.103. The zero-order valence-electron chi connectivity index (χ0n) is 15.3. The van der Waals surface area contributed by atoms with Crippen LogP contribution >= 0.6 is 0 Å². The molecule has 0 fully saturated rings. The second kappa shape index (κ2) is 6.49. The highest BCUT2D eigenvalue weighted by Gasteiger charge is 2.22. The number of aromatic nitrogens is 3. The third-order valence-electron chi connectivity index (χ3n) is 5.02. The number of nitrogens with zero attached hydrogens (tertiary/aromatic N) is 4. The number of aryl methyl sites for hydroxylation is 1. The van der Waals surface area contributed by atoms with Crippen molar-refractivity contribution in [3.8, 4) is 17.6 Å². The van der Waals surface area contributed by atoms with Crippen molar-refractivity contribution in [3.63, 3.8) is 0 Å². The third-order valence-corrected chi connectivity index (χ3v) is 5.02. The molecule has 0 amide bonds. The highest BCUT2D eigenvalue weighted by molar-refractivity contribution is 5.82. The standard InChI is InChI=1S/C22H18N4O2/c1-14-4-2-3-5-19(14)26-11-9-15-12-16(6-7-20(15)26)28-22-24-18-13-23-10-8-17(18)21(27)25-22/h2-8,10,12-13H,9,11H2,1H3,(H,24,25,27). The summed E-state index contributed by atoms with van der Waals surface area (Å²) in [4.78, 5) is 14.7. The lowest BCUT2D eigenvalue weighted by Crippen LogP contribution is -2.14. The summed E-state index contributed by atoms with van der Waals surface area (Å²) in [7, 11) is 0. The SMILES string of the molecule is Cc1ccccc1N1CCc2cc(Oc3nc(O)c4ccncc4n3)ccc21. The Morgan fingerprint density at radius 3 is 2.82 bits per heavy atom. The average Bonchev–Trinajstić information content (AvgIpc) is 3.11. The van der Waals surface area contributed by atoms with Crippen molar-refractivity contribution in [1.82, 2.24) is 15.0 Å². The maximum atomic E-state index is 10.1. The van der Waals surface area contributed by atoms with Gasteiger partial charge in [-0.1, -0.05) is 18.2 Å². The van der Waals surface area contributed by atoms with Gasteiger partial charge < -0.3 is 14.7 Å². The molecule has 0 saturated carbocycles. The van der Waals surface area contributed by atoms with Crippen LogP contribution in [0.5, 0.6) is 17.6 Å². The summed E-state index contributed by atoms with van der Waals surface area (Å²) < 4.78 is 5.83. The summed E-state index contributed by atoms with van der Waals surface area (Å²) in [6.07, 6.45) is 4.10. The first-order valence-corrected chi connectivity index (χ1v) is 9.14. The second-order valence-electron chi connectivity index (χ2n) is 6.80. The number of hydrogen-bond acceptors (Lipinski definition) is 6. The number of rotatable bonds is 3. The molecule has 0 radical (unpaired) electrons. The molecule has 0 atom stereocenters. The van der Waals surface area contributed by atoms with E-state index >= 15 is 0 Å². The van der Waals surface area contributed by atoms with Gasteiger partial charge in [-0.2, -0.15) is 9.97 Å². The van der Waals surface area contributed by atoms with E-state index in [-0.39, 0.29) is 11.9 Å². The van der Waals surface area contributed by atoms with E-state index in [0.29, 0.717) is 16.7 Å². The molecule has 1 aliphatic rings. The van der Waals surface area contributed by atoms with Gasteiger partial charge in [-0.3, -0.25) is 4.98 Å². The number of benzene rings is 2. The van der Waals surface area contributed by atoms with Gasteiger partial charge in [0.05, 0.1) is 17.1 Å². The number of para-hydroxylation sites is 1. The lowest BCUT2D eigenvalue weighted by atomic mass is 10.1. The number of hydrogen-bond donors (Lipinski definition) is 1. The van der Waals surface area contributed by atoms with E-state index in [4.69, 9.17) is 4.74 Å². The van der Waals surface area contributed by atoms with Crippen molar-refractivity contribution in [1.29, 1.82) is 0 Å². The molecule has 6 heteroatoms. The van der Waals surface area contributed by atoms with Crippen molar-refractivity contribution in [2.45, 2.75) is 13.3 Å². The molecule has 0 bridgehead atoms. The second-order valence-corrected chi connectivity index (χ2v) is 6.80. The van der Waals surface area contributed by atoms with Crippen LogP contribution in [-0.2, 0) is 6.42 Å². The van der Waals surface area contributed by atoms with E-state index in [2.05, 4.69) is 57.1 Å². The first-order valence-electron chi connectivity index (χ1n) is 9.14. The van der Waals surface area contributed by atoms with Crippen LogP contribution < -0.4 is 9.64 Å². The van der Waals surface area contributed by atoms with Crippen molar-refractivity contribution in [2.24, 2.45) is 0 Å². The number of aromatic hydroxyl groups is 1. The molecule has 3 heterocycles. The summed E-state index contributed by atoms with van der Waals surface area (Å²) in [6, 6.07) is 16.2. The molecular weight excluding hydrogens is 352 g/mol.